The summed E-state index contributed by atoms with van der Waals surface area (Å²) in [5, 5.41) is 12.0. The van der Waals surface area contributed by atoms with Crippen LogP contribution in [0.1, 0.15) is 28.6 Å². The Hall–Kier alpha value is -1.03. The van der Waals surface area contributed by atoms with E-state index in [1.165, 1.54) is 16.7 Å². The largest absolute Gasteiger partial charge is 0.545 e. The van der Waals surface area contributed by atoms with Gasteiger partial charge >= 0.3 is 0 Å². The predicted molar refractivity (Wildman–Crippen MR) is 47.1 cm³/mol. The fraction of sp³-hybridized carbons (Fsp3) is 0.375. The van der Waals surface area contributed by atoms with Crippen LogP contribution < -0.4 is 10.8 Å². The highest BCUT2D eigenvalue weighted by molar-refractivity contribution is 7.10. The van der Waals surface area contributed by atoms with E-state index in [0.717, 1.165) is 17.7 Å². The Kier molecular flexibility index (Phi) is 2.70. The molecular formula is C8H10NO2S-. The molecule has 0 saturated heterocycles. The number of aryl methyl sites for hydroxylation is 1. The smallest absolute Gasteiger partial charge is 0.0744 e. The molecule has 4 heteroatoms. The third kappa shape index (κ3) is 1.58. The molecule has 0 atom stereocenters. The molecule has 1 rings (SSSR count). The van der Waals surface area contributed by atoms with Crippen molar-refractivity contribution in [2.45, 2.75) is 19.8 Å². The number of thiophene rings is 1. The maximum Gasteiger partial charge on any atom is 0.0744 e. The van der Waals surface area contributed by atoms with E-state index in [1.54, 1.807) is 0 Å². The van der Waals surface area contributed by atoms with Gasteiger partial charge in [-0.2, -0.15) is 0 Å². The lowest BCUT2D eigenvalue weighted by atomic mass is 10.2. The molecule has 0 aromatic carbocycles. The summed E-state index contributed by atoms with van der Waals surface area (Å²) in [6, 6.07) is 0. The molecule has 2 N–H and O–H groups in total. The zero-order valence-corrected chi connectivity index (χ0v) is 7.61. The van der Waals surface area contributed by atoms with E-state index in [2.05, 4.69) is 0 Å². The van der Waals surface area contributed by atoms with Gasteiger partial charge in [0.1, 0.15) is 0 Å². The van der Waals surface area contributed by atoms with Crippen molar-refractivity contribution in [3.63, 3.8) is 0 Å². The third-order valence-electron chi connectivity index (χ3n) is 1.61. The molecule has 0 fully saturated rings. The number of rotatable bonds is 3. The van der Waals surface area contributed by atoms with Gasteiger partial charge in [0.15, 0.2) is 0 Å². The zero-order chi connectivity index (χ0) is 9.14. The van der Waals surface area contributed by atoms with Crippen molar-refractivity contribution < 1.29 is 9.90 Å². The Morgan fingerprint density at radius 2 is 2.42 bits per heavy atom. The van der Waals surface area contributed by atoms with Gasteiger partial charge in [-0.15, -0.1) is 11.3 Å². The maximum atomic E-state index is 10.5. The summed E-state index contributed by atoms with van der Waals surface area (Å²) in [6.07, 6.45) is 1.81. The highest BCUT2D eigenvalue weighted by atomic mass is 32.1. The molecule has 0 aliphatic rings. The second kappa shape index (κ2) is 3.58. The molecule has 0 saturated carbocycles. The summed E-state index contributed by atoms with van der Waals surface area (Å²) < 4.78 is 0. The normalized spacial score (nSPS) is 10.1. The van der Waals surface area contributed by atoms with Gasteiger partial charge in [0.25, 0.3) is 0 Å². The molecule has 1 aromatic heterocycles. The number of nitrogens with two attached hydrogens (primary N) is 1. The molecule has 0 bridgehead atoms. The van der Waals surface area contributed by atoms with E-state index in [0.29, 0.717) is 5.69 Å². The van der Waals surface area contributed by atoms with Crippen LogP contribution in [-0.2, 0) is 6.42 Å². The number of anilines is 1. The SMILES string of the molecule is CCCc1scc(C(=O)[O-])c1N. The number of aromatic carboxylic acids is 1. The van der Waals surface area contributed by atoms with Crippen LogP contribution in [0.2, 0.25) is 0 Å². The molecule has 12 heavy (non-hydrogen) atoms. The van der Waals surface area contributed by atoms with Crippen molar-refractivity contribution in [1.29, 1.82) is 0 Å². The second-order valence-electron chi connectivity index (χ2n) is 2.52. The molecule has 0 aliphatic heterocycles. The Balaban J connectivity index is 2.96. The van der Waals surface area contributed by atoms with Crippen LogP contribution in [0.15, 0.2) is 5.38 Å². The number of nitrogen functional groups attached to an aromatic ring is 1. The summed E-state index contributed by atoms with van der Waals surface area (Å²) in [5.41, 5.74) is 6.08. The standard InChI is InChI=1S/C8H11NO2S/c1-2-3-6-7(9)5(4-12-6)8(10)11/h4H,2-3,9H2,1H3,(H,10,11)/p-1. The minimum Gasteiger partial charge on any atom is -0.545 e. The minimum absolute atomic E-state index is 0.128. The number of carboxylic acids is 1. The fourth-order valence-corrected chi connectivity index (χ4v) is 2.03. The van der Waals surface area contributed by atoms with Gasteiger partial charge in [-0.3, -0.25) is 0 Å². The number of carboxylic acid groups (broad SMARTS) is 1. The maximum absolute atomic E-state index is 10.5. The number of carbonyl (C=O) groups is 1. The molecule has 1 aromatic rings. The molecule has 0 spiro atoms. The predicted octanol–water partition coefficient (Wildman–Crippen LogP) is 0.646. The molecule has 3 nitrogen and oxygen atoms in total. The topological polar surface area (TPSA) is 66.1 Å². The van der Waals surface area contributed by atoms with E-state index in [9.17, 15) is 9.90 Å². The van der Waals surface area contributed by atoms with Gasteiger partial charge in [0.2, 0.25) is 0 Å². The summed E-state index contributed by atoms with van der Waals surface area (Å²) >= 11 is 1.38. The fourth-order valence-electron chi connectivity index (χ4n) is 0.986. The second-order valence-corrected chi connectivity index (χ2v) is 3.49. The molecule has 0 unspecified atom stereocenters. The van der Waals surface area contributed by atoms with E-state index < -0.39 is 5.97 Å². The lowest BCUT2D eigenvalue weighted by Crippen LogP contribution is -2.22. The first-order chi connectivity index (χ1) is 5.66. The van der Waals surface area contributed by atoms with Crippen molar-refractivity contribution in [2.24, 2.45) is 0 Å². The Morgan fingerprint density at radius 3 is 2.83 bits per heavy atom. The first kappa shape index (κ1) is 9.06. The average Bonchev–Trinajstić information content (AvgIpc) is 2.34. The van der Waals surface area contributed by atoms with Crippen LogP contribution in [0.4, 0.5) is 5.69 Å². The van der Waals surface area contributed by atoms with Crippen molar-refractivity contribution in [3.8, 4) is 0 Å². The molecular weight excluding hydrogens is 174 g/mol. The monoisotopic (exact) mass is 184 g/mol. The molecule has 1 heterocycles. The van der Waals surface area contributed by atoms with Gasteiger partial charge in [0, 0.05) is 15.8 Å². The first-order valence-corrected chi connectivity index (χ1v) is 4.62. The van der Waals surface area contributed by atoms with E-state index in [-0.39, 0.29) is 5.56 Å². The highest BCUT2D eigenvalue weighted by Crippen LogP contribution is 2.25. The van der Waals surface area contributed by atoms with Crippen LogP contribution in [0.25, 0.3) is 0 Å². The summed E-state index contributed by atoms with van der Waals surface area (Å²) in [4.78, 5) is 11.4. The van der Waals surface area contributed by atoms with Gasteiger partial charge in [-0.05, 0) is 6.42 Å². The van der Waals surface area contributed by atoms with Crippen molar-refractivity contribution in [1.82, 2.24) is 0 Å². The van der Waals surface area contributed by atoms with Crippen molar-refractivity contribution in [2.75, 3.05) is 5.73 Å². The minimum atomic E-state index is -1.19. The summed E-state index contributed by atoms with van der Waals surface area (Å²) in [7, 11) is 0. The van der Waals surface area contributed by atoms with Gasteiger partial charge in [0.05, 0.1) is 11.7 Å². The molecule has 0 aliphatic carbocycles. The van der Waals surface area contributed by atoms with Gasteiger partial charge in [-0.25, -0.2) is 0 Å². The molecule has 0 amide bonds. The Bertz CT molecular complexity index is 293. The highest BCUT2D eigenvalue weighted by Gasteiger charge is 2.07. The van der Waals surface area contributed by atoms with Crippen LogP contribution in [0.5, 0.6) is 0 Å². The van der Waals surface area contributed by atoms with Crippen LogP contribution in [0, 0.1) is 0 Å². The summed E-state index contributed by atoms with van der Waals surface area (Å²) in [5.74, 6) is -1.19. The van der Waals surface area contributed by atoms with E-state index >= 15 is 0 Å². The van der Waals surface area contributed by atoms with Crippen LogP contribution in [0.3, 0.4) is 0 Å². The van der Waals surface area contributed by atoms with E-state index in [4.69, 9.17) is 5.73 Å². The lowest BCUT2D eigenvalue weighted by Gasteiger charge is -2.01. The van der Waals surface area contributed by atoms with Crippen molar-refractivity contribution in [3.05, 3.63) is 15.8 Å². The third-order valence-corrected chi connectivity index (χ3v) is 2.67. The number of hydrogen-bond donors (Lipinski definition) is 1. The number of hydrogen-bond acceptors (Lipinski definition) is 4. The lowest BCUT2D eigenvalue weighted by molar-refractivity contribution is -0.254. The Morgan fingerprint density at radius 1 is 1.75 bits per heavy atom. The molecule has 66 valence electrons. The Labute approximate surface area is 74.8 Å². The van der Waals surface area contributed by atoms with Crippen LogP contribution in [-0.4, -0.2) is 5.97 Å². The number of carbonyl (C=O) groups excluding carboxylic acids is 1. The van der Waals surface area contributed by atoms with Gasteiger partial charge in [-0.1, -0.05) is 13.3 Å². The summed E-state index contributed by atoms with van der Waals surface area (Å²) in [6.45, 7) is 2.03. The first-order valence-electron chi connectivity index (χ1n) is 3.74. The van der Waals surface area contributed by atoms with Crippen LogP contribution >= 0.6 is 11.3 Å². The quantitative estimate of drug-likeness (QED) is 0.749. The van der Waals surface area contributed by atoms with E-state index in [1.807, 2.05) is 6.92 Å². The molecule has 0 radical (unpaired) electrons. The zero-order valence-electron chi connectivity index (χ0n) is 6.79. The van der Waals surface area contributed by atoms with Crippen molar-refractivity contribution >= 4 is 23.0 Å². The average molecular weight is 184 g/mol. The van der Waals surface area contributed by atoms with Gasteiger partial charge < -0.3 is 15.6 Å².